The monoisotopic (exact) mass is 238 g/mol. The summed E-state index contributed by atoms with van der Waals surface area (Å²) in [6, 6.07) is 2.37. The molecule has 4 nitrogen and oxygen atoms in total. The third-order valence-electron chi connectivity index (χ3n) is 2.95. The Hall–Kier alpha value is -1.08. The van der Waals surface area contributed by atoms with Crippen LogP contribution in [0.25, 0.3) is 0 Å². The molecule has 1 rings (SSSR count). The highest BCUT2D eigenvalue weighted by Gasteiger charge is 2.30. The van der Waals surface area contributed by atoms with Crippen LogP contribution in [0.4, 0.5) is 0 Å². The fraction of sp³-hybridized carbons (Fsp3) is 0.846. The topological polar surface area (TPSA) is 62.1 Å². The van der Waals surface area contributed by atoms with E-state index in [1.165, 1.54) is 0 Å². The molecule has 0 saturated heterocycles. The zero-order valence-corrected chi connectivity index (χ0v) is 11.0. The molecule has 2 unspecified atom stereocenters. The Balaban J connectivity index is 2.39. The largest absolute Gasteiger partial charge is 0.460 e. The number of hydrogen-bond donors (Lipinski definition) is 1. The molecule has 0 heterocycles. The van der Waals surface area contributed by atoms with Gasteiger partial charge in [-0.3, -0.25) is 4.79 Å². The predicted molar refractivity (Wildman–Crippen MR) is 65.2 cm³/mol. The number of carbonyl (C=O) groups excluding carboxylic acids is 1. The first kappa shape index (κ1) is 14.0. The van der Waals surface area contributed by atoms with E-state index >= 15 is 0 Å². The molecule has 1 aliphatic rings. The lowest BCUT2D eigenvalue weighted by atomic mass is 9.99. The van der Waals surface area contributed by atoms with Crippen LogP contribution in [0.3, 0.4) is 0 Å². The molecule has 0 amide bonds. The van der Waals surface area contributed by atoms with Gasteiger partial charge in [-0.2, -0.15) is 5.26 Å². The van der Waals surface area contributed by atoms with E-state index < -0.39 is 5.60 Å². The summed E-state index contributed by atoms with van der Waals surface area (Å²) in [4.78, 5) is 11.7. The number of nitrogens with one attached hydrogen (secondary N) is 1. The molecule has 0 spiro atoms. The maximum absolute atomic E-state index is 11.7. The fourth-order valence-corrected chi connectivity index (χ4v) is 2.32. The molecule has 0 radical (unpaired) electrons. The first-order valence-electron chi connectivity index (χ1n) is 6.24. The van der Waals surface area contributed by atoms with Gasteiger partial charge in [0.25, 0.3) is 0 Å². The minimum absolute atomic E-state index is 0.131. The molecule has 1 N–H and O–H groups in total. The average molecular weight is 238 g/mol. The first-order valence-corrected chi connectivity index (χ1v) is 6.24. The Morgan fingerprint density at radius 1 is 1.47 bits per heavy atom. The third kappa shape index (κ3) is 5.18. The summed E-state index contributed by atoms with van der Waals surface area (Å²) >= 11 is 0. The first-order chi connectivity index (χ1) is 7.92. The van der Waals surface area contributed by atoms with Crippen molar-refractivity contribution in [1.29, 1.82) is 5.26 Å². The Kier molecular flexibility index (Phi) is 4.95. The second kappa shape index (κ2) is 6.02. The molecule has 96 valence electrons. The molecule has 0 aliphatic heterocycles. The summed E-state index contributed by atoms with van der Waals surface area (Å²) < 4.78 is 5.32. The summed E-state index contributed by atoms with van der Waals surface area (Å²) in [7, 11) is 0. The summed E-state index contributed by atoms with van der Waals surface area (Å²) in [6.45, 7) is 6.00. The van der Waals surface area contributed by atoms with E-state index in [1.807, 2.05) is 20.8 Å². The lowest BCUT2D eigenvalue weighted by Crippen LogP contribution is -2.35. The van der Waals surface area contributed by atoms with Gasteiger partial charge in [-0.05, 0) is 39.5 Å². The van der Waals surface area contributed by atoms with Gasteiger partial charge in [-0.25, -0.2) is 0 Å². The minimum Gasteiger partial charge on any atom is -0.460 e. The van der Waals surface area contributed by atoms with Crippen molar-refractivity contribution in [1.82, 2.24) is 5.32 Å². The SMILES string of the molecule is CC(C)(C)OC(=O)CC1CCCC1NCC#N. The van der Waals surface area contributed by atoms with E-state index in [0.29, 0.717) is 24.9 Å². The van der Waals surface area contributed by atoms with Crippen molar-refractivity contribution in [2.24, 2.45) is 5.92 Å². The smallest absolute Gasteiger partial charge is 0.306 e. The van der Waals surface area contributed by atoms with Crippen LogP contribution in [0.2, 0.25) is 0 Å². The van der Waals surface area contributed by atoms with Crippen molar-refractivity contribution in [3.8, 4) is 6.07 Å². The fourth-order valence-electron chi connectivity index (χ4n) is 2.32. The van der Waals surface area contributed by atoms with Gasteiger partial charge in [-0.15, -0.1) is 0 Å². The number of nitriles is 1. The van der Waals surface area contributed by atoms with Crippen LogP contribution in [0.1, 0.15) is 46.5 Å². The van der Waals surface area contributed by atoms with Crippen molar-refractivity contribution in [3.63, 3.8) is 0 Å². The van der Waals surface area contributed by atoms with E-state index in [2.05, 4.69) is 11.4 Å². The van der Waals surface area contributed by atoms with Crippen molar-refractivity contribution in [3.05, 3.63) is 0 Å². The Morgan fingerprint density at radius 3 is 2.76 bits per heavy atom. The highest BCUT2D eigenvalue weighted by molar-refractivity contribution is 5.70. The normalized spacial score (nSPS) is 24.4. The Morgan fingerprint density at radius 2 is 2.18 bits per heavy atom. The van der Waals surface area contributed by atoms with Gasteiger partial charge in [0.15, 0.2) is 0 Å². The zero-order valence-electron chi connectivity index (χ0n) is 11.0. The summed E-state index contributed by atoms with van der Waals surface area (Å²) in [5.74, 6) is 0.186. The lowest BCUT2D eigenvalue weighted by Gasteiger charge is -2.23. The standard InChI is InChI=1S/C13H22N2O2/c1-13(2,3)17-12(16)9-10-5-4-6-11(10)15-8-7-14/h10-11,15H,4-6,8-9H2,1-3H3. The second-order valence-corrected chi connectivity index (χ2v) is 5.63. The number of esters is 1. The summed E-state index contributed by atoms with van der Waals surface area (Å²) in [5, 5.41) is 11.7. The second-order valence-electron chi connectivity index (χ2n) is 5.63. The molecule has 4 heteroatoms. The van der Waals surface area contributed by atoms with E-state index in [0.717, 1.165) is 19.3 Å². The molecule has 1 aliphatic carbocycles. The molecule has 2 atom stereocenters. The molecule has 0 aromatic rings. The lowest BCUT2D eigenvalue weighted by molar-refractivity contribution is -0.156. The third-order valence-corrected chi connectivity index (χ3v) is 2.95. The highest BCUT2D eigenvalue weighted by Crippen LogP contribution is 2.29. The number of hydrogen-bond acceptors (Lipinski definition) is 4. The molecular weight excluding hydrogens is 216 g/mol. The van der Waals surface area contributed by atoms with Crippen LogP contribution < -0.4 is 5.32 Å². The van der Waals surface area contributed by atoms with Crippen LogP contribution in [-0.2, 0) is 9.53 Å². The van der Waals surface area contributed by atoms with Crippen LogP contribution in [0.15, 0.2) is 0 Å². The van der Waals surface area contributed by atoms with Crippen molar-refractivity contribution < 1.29 is 9.53 Å². The van der Waals surface area contributed by atoms with E-state index in [-0.39, 0.29) is 5.97 Å². The summed E-state index contributed by atoms with van der Waals surface area (Å²) in [6.07, 6.45) is 3.68. The molecule has 0 bridgehead atoms. The van der Waals surface area contributed by atoms with Gasteiger partial charge in [0.1, 0.15) is 5.60 Å². The zero-order chi connectivity index (χ0) is 12.9. The quantitative estimate of drug-likeness (QED) is 0.601. The number of rotatable bonds is 4. The predicted octanol–water partition coefficient (Wildman–Crippen LogP) is 2.00. The Bertz CT molecular complexity index is 302. The number of ether oxygens (including phenoxy) is 1. The van der Waals surface area contributed by atoms with Crippen molar-refractivity contribution >= 4 is 5.97 Å². The van der Waals surface area contributed by atoms with Crippen LogP contribution in [0.5, 0.6) is 0 Å². The van der Waals surface area contributed by atoms with Crippen molar-refractivity contribution in [2.75, 3.05) is 6.54 Å². The molecular formula is C13H22N2O2. The molecule has 0 aromatic carbocycles. The van der Waals surface area contributed by atoms with E-state index in [4.69, 9.17) is 10.00 Å². The van der Waals surface area contributed by atoms with Crippen LogP contribution >= 0.6 is 0 Å². The molecule has 0 aromatic heterocycles. The maximum atomic E-state index is 11.7. The van der Waals surface area contributed by atoms with Gasteiger partial charge in [0.2, 0.25) is 0 Å². The van der Waals surface area contributed by atoms with Gasteiger partial charge in [-0.1, -0.05) is 6.42 Å². The van der Waals surface area contributed by atoms with Crippen LogP contribution in [0, 0.1) is 17.2 Å². The molecule has 17 heavy (non-hydrogen) atoms. The van der Waals surface area contributed by atoms with Crippen LogP contribution in [-0.4, -0.2) is 24.2 Å². The number of carbonyl (C=O) groups is 1. The van der Waals surface area contributed by atoms with Gasteiger partial charge in [0.05, 0.1) is 12.6 Å². The molecule has 1 saturated carbocycles. The van der Waals surface area contributed by atoms with E-state index in [1.54, 1.807) is 0 Å². The van der Waals surface area contributed by atoms with Crippen molar-refractivity contribution in [2.45, 2.75) is 58.1 Å². The van der Waals surface area contributed by atoms with Gasteiger partial charge < -0.3 is 10.1 Å². The minimum atomic E-state index is -0.411. The number of nitrogens with zero attached hydrogens (tertiary/aromatic N) is 1. The van der Waals surface area contributed by atoms with E-state index in [9.17, 15) is 4.79 Å². The Labute approximate surface area is 103 Å². The molecule has 1 fully saturated rings. The average Bonchev–Trinajstić information content (AvgIpc) is 2.59. The van der Waals surface area contributed by atoms with Gasteiger partial charge >= 0.3 is 5.97 Å². The maximum Gasteiger partial charge on any atom is 0.306 e. The summed E-state index contributed by atoms with van der Waals surface area (Å²) in [5.41, 5.74) is -0.411. The highest BCUT2D eigenvalue weighted by atomic mass is 16.6. The van der Waals surface area contributed by atoms with Gasteiger partial charge in [0, 0.05) is 12.5 Å².